The van der Waals surface area contributed by atoms with Gasteiger partial charge >= 0.3 is 6.09 Å². The molecule has 3 aliphatic heterocycles. The number of nitrogens with one attached hydrogen (secondary N) is 4. The Morgan fingerprint density at radius 3 is 2.81 bits per heavy atom. The third kappa shape index (κ3) is 4.22. The zero-order valence-corrected chi connectivity index (χ0v) is 18.4. The van der Waals surface area contributed by atoms with Gasteiger partial charge in [0.05, 0.1) is 11.7 Å². The van der Waals surface area contributed by atoms with Crippen LogP contribution < -0.4 is 21.5 Å². The molecule has 3 unspecified atom stereocenters. The zero-order valence-electron chi connectivity index (χ0n) is 18.4. The summed E-state index contributed by atoms with van der Waals surface area (Å²) in [6, 6.07) is 7.03. The van der Waals surface area contributed by atoms with Crippen LogP contribution in [0.5, 0.6) is 0 Å². The van der Waals surface area contributed by atoms with Gasteiger partial charge in [-0.15, -0.1) is 0 Å². The van der Waals surface area contributed by atoms with Crippen molar-refractivity contribution >= 4 is 28.6 Å². The zero-order chi connectivity index (χ0) is 22.1. The Morgan fingerprint density at radius 1 is 1.28 bits per heavy atom. The number of carbonyl (C=O) groups excluding carboxylic acids is 1. The monoisotopic (exact) mass is 437 g/mol. The minimum atomic E-state index is -0.221. The Bertz CT molecular complexity index is 985. The van der Waals surface area contributed by atoms with E-state index in [1.165, 1.54) is 0 Å². The van der Waals surface area contributed by atoms with Crippen molar-refractivity contribution in [1.82, 2.24) is 25.7 Å². The minimum Gasteiger partial charge on any atom is -0.445 e. The molecular weight excluding hydrogens is 406 g/mol. The lowest BCUT2D eigenvalue weighted by molar-refractivity contribution is 0.0749. The fourth-order valence-electron chi connectivity index (χ4n) is 5.24. The number of aromatic nitrogens is 2. The lowest BCUT2D eigenvalue weighted by Crippen LogP contribution is -2.50. The number of piperidine rings is 1. The second-order valence-electron chi connectivity index (χ2n) is 9.02. The second kappa shape index (κ2) is 8.91. The highest BCUT2D eigenvalue weighted by atomic mass is 16.6. The molecule has 1 amide bonds. The molecule has 0 aliphatic carbocycles. The average Bonchev–Trinajstić information content (AvgIpc) is 3.31. The summed E-state index contributed by atoms with van der Waals surface area (Å²) in [6.45, 7) is 6.02. The van der Waals surface area contributed by atoms with Crippen LogP contribution in [-0.4, -0.2) is 57.9 Å². The van der Waals surface area contributed by atoms with Crippen LogP contribution in [0, 0.1) is 0 Å². The third-order valence-corrected chi connectivity index (χ3v) is 6.62. The lowest BCUT2D eigenvalue weighted by Gasteiger charge is -2.38. The van der Waals surface area contributed by atoms with E-state index in [1.807, 2.05) is 17.0 Å². The first-order valence-corrected chi connectivity index (χ1v) is 11.5. The van der Waals surface area contributed by atoms with Gasteiger partial charge in [0, 0.05) is 41.8 Å². The SMILES string of the molecule is C=CCOC(=O)N1[C@@H]2CC[C@H]1CC(Nc1nc(NC3CC(C)NN3)cc3ncccc13)C2. The van der Waals surface area contributed by atoms with Crippen molar-refractivity contribution in [3.63, 3.8) is 0 Å². The van der Waals surface area contributed by atoms with E-state index in [0.29, 0.717) is 6.04 Å². The molecule has 32 heavy (non-hydrogen) atoms. The molecule has 2 bridgehead atoms. The lowest BCUT2D eigenvalue weighted by atomic mass is 9.97. The number of fused-ring (bicyclic) bond motifs is 3. The highest BCUT2D eigenvalue weighted by Gasteiger charge is 2.44. The van der Waals surface area contributed by atoms with E-state index in [9.17, 15) is 4.79 Å². The molecule has 0 radical (unpaired) electrons. The number of carbonyl (C=O) groups is 1. The molecule has 3 saturated heterocycles. The van der Waals surface area contributed by atoms with Crippen LogP contribution in [0.1, 0.15) is 39.0 Å². The van der Waals surface area contributed by atoms with Crippen molar-refractivity contribution in [2.75, 3.05) is 17.2 Å². The first-order valence-electron chi connectivity index (χ1n) is 11.5. The van der Waals surface area contributed by atoms with Crippen LogP contribution in [0.3, 0.4) is 0 Å². The summed E-state index contributed by atoms with van der Waals surface area (Å²) in [5, 5.41) is 8.15. The number of amides is 1. The van der Waals surface area contributed by atoms with Crippen LogP contribution >= 0.6 is 0 Å². The maximum atomic E-state index is 12.5. The van der Waals surface area contributed by atoms with Crippen molar-refractivity contribution in [1.29, 1.82) is 0 Å². The van der Waals surface area contributed by atoms with Gasteiger partial charge in [-0.1, -0.05) is 12.7 Å². The molecule has 3 fully saturated rings. The maximum Gasteiger partial charge on any atom is 0.410 e. The highest BCUT2D eigenvalue weighted by Crippen LogP contribution is 2.38. The van der Waals surface area contributed by atoms with Gasteiger partial charge in [0.2, 0.25) is 0 Å². The molecule has 9 nitrogen and oxygen atoms in total. The largest absolute Gasteiger partial charge is 0.445 e. The molecule has 0 aromatic carbocycles. The van der Waals surface area contributed by atoms with Gasteiger partial charge in [0.25, 0.3) is 0 Å². The summed E-state index contributed by atoms with van der Waals surface area (Å²) < 4.78 is 5.32. The predicted molar refractivity (Wildman–Crippen MR) is 124 cm³/mol. The number of pyridine rings is 2. The smallest absolute Gasteiger partial charge is 0.410 e. The minimum absolute atomic E-state index is 0.118. The summed E-state index contributed by atoms with van der Waals surface area (Å²) >= 11 is 0. The first-order chi connectivity index (χ1) is 15.6. The van der Waals surface area contributed by atoms with Gasteiger partial charge in [0.1, 0.15) is 18.2 Å². The number of hydrazine groups is 1. The Kier molecular flexibility index (Phi) is 5.84. The standard InChI is InChI=1S/C23H31N7O2/c1-3-9-32-23(31)30-16-6-7-17(30)12-15(11-16)25-22-18-5-4-8-24-19(18)13-20(27-22)26-21-10-14(2)28-29-21/h3-5,8,13-17,21,28-29H,1,6-7,9-12H2,2H3,(H2,25,26,27)/t14?,15?,16-,17+,21?. The van der Waals surface area contributed by atoms with Crippen molar-refractivity contribution < 1.29 is 9.53 Å². The molecule has 5 rings (SSSR count). The van der Waals surface area contributed by atoms with Gasteiger partial charge in [-0.3, -0.25) is 10.4 Å². The van der Waals surface area contributed by atoms with Gasteiger partial charge < -0.3 is 20.3 Å². The van der Waals surface area contributed by atoms with E-state index in [-0.39, 0.29) is 37.0 Å². The van der Waals surface area contributed by atoms with E-state index in [1.54, 1.807) is 12.3 Å². The molecule has 5 atom stereocenters. The fraction of sp³-hybridized carbons (Fsp3) is 0.522. The number of nitrogens with zero attached hydrogens (tertiary/aromatic N) is 3. The average molecular weight is 438 g/mol. The molecule has 9 heteroatoms. The Morgan fingerprint density at radius 2 is 2.09 bits per heavy atom. The Balaban J connectivity index is 1.33. The number of anilines is 2. The van der Waals surface area contributed by atoms with Crippen molar-refractivity contribution in [2.45, 2.75) is 69.4 Å². The van der Waals surface area contributed by atoms with Gasteiger partial charge in [0.15, 0.2) is 0 Å². The van der Waals surface area contributed by atoms with E-state index < -0.39 is 0 Å². The quantitative estimate of drug-likeness (QED) is 0.512. The van der Waals surface area contributed by atoms with E-state index in [2.05, 4.69) is 46.0 Å². The predicted octanol–water partition coefficient (Wildman–Crippen LogP) is 2.98. The van der Waals surface area contributed by atoms with Crippen LogP contribution in [-0.2, 0) is 4.74 Å². The summed E-state index contributed by atoms with van der Waals surface area (Å²) in [6.07, 6.45) is 8.07. The maximum absolute atomic E-state index is 12.5. The van der Waals surface area contributed by atoms with Crippen LogP contribution in [0.2, 0.25) is 0 Å². The topological polar surface area (TPSA) is 103 Å². The normalized spacial score (nSPS) is 29.2. The van der Waals surface area contributed by atoms with Crippen molar-refractivity contribution in [3.8, 4) is 0 Å². The van der Waals surface area contributed by atoms with E-state index in [0.717, 1.165) is 54.6 Å². The van der Waals surface area contributed by atoms with Gasteiger partial charge in [-0.2, -0.15) is 0 Å². The van der Waals surface area contributed by atoms with Gasteiger partial charge in [-0.05, 0) is 51.2 Å². The number of hydrogen-bond acceptors (Lipinski definition) is 8. The highest BCUT2D eigenvalue weighted by molar-refractivity contribution is 5.91. The van der Waals surface area contributed by atoms with E-state index in [4.69, 9.17) is 9.72 Å². The molecule has 2 aromatic rings. The van der Waals surface area contributed by atoms with Crippen LogP contribution in [0.15, 0.2) is 37.1 Å². The summed E-state index contributed by atoms with van der Waals surface area (Å²) in [5.41, 5.74) is 7.39. The van der Waals surface area contributed by atoms with Crippen molar-refractivity contribution in [3.05, 3.63) is 37.1 Å². The Labute approximate surface area is 188 Å². The number of rotatable bonds is 6. The summed E-state index contributed by atoms with van der Waals surface area (Å²) in [5.74, 6) is 1.63. The van der Waals surface area contributed by atoms with Crippen LogP contribution in [0.25, 0.3) is 10.9 Å². The molecule has 0 spiro atoms. The molecule has 0 saturated carbocycles. The molecule has 170 valence electrons. The number of ether oxygens (including phenoxy) is 1. The number of hydrogen-bond donors (Lipinski definition) is 4. The molecule has 3 aliphatic rings. The first kappa shape index (κ1) is 21.0. The summed E-state index contributed by atoms with van der Waals surface area (Å²) in [7, 11) is 0. The Hall–Kier alpha value is -2.91. The fourth-order valence-corrected chi connectivity index (χ4v) is 5.24. The molecular formula is C23H31N7O2. The summed E-state index contributed by atoms with van der Waals surface area (Å²) in [4.78, 5) is 23.9. The molecule has 2 aromatic heterocycles. The molecule has 4 N–H and O–H groups in total. The van der Waals surface area contributed by atoms with E-state index >= 15 is 0 Å². The molecule has 5 heterocycles. The second-order valence-corrected chi connectivity index (χ2v) is 9.02. The van der Waals surface area contributed by atoms with Crippen LogP contribution in [0.4, 0.5) is 16.4 Å². The van der Waals surface area contributed by atoms with Crippen molar-refractivity contribution in [2.24, 2.45) is 0 Å². The van der Waals surface area contributed by atoms with Gasteiger partial charge in [-0.25, -0.2) is 15.2 Å². The third-order valence-electron chi connectivity index (χ3n) is 6.62.